The van der Waals surface area contributed by atoms with Crippen LogP contribution >= 0.6 is 11.8 Å². The predicted octanol–water partition coefficient (Wildman–Crippen LogP) is 3.46. The van der Waals surface area contributed by atoms with Crippen LogP contribution in [0.3, 0.4) is 0 Å². The number of anilines is 2. The van der Waals surface area contributed by atoms with Crippen molar-refractivity contribution in [1.82, 2.24) is 14.7 Å². The molecule has 3 aromatic rings. The number of ether oxygens (including phenoxy) is 1. The number of nitrogens with zero attached hydrogens (tertiary/aromatic N) is 3. The van der Waals surface area contributed by atoms with Crippen LogP contribution in [-0.4, -0.2) is 50.7 Å². The number of benzene rings is 1. The van der Waals surface area contributed by atoms with E-state index in [4.69, 9.17) is 9.26 Å². The largest absolute Gasteiger partial charge is 0.382 e. The Morgan fingerprint density at radius 1 is 1.29 bits per heavy atom. The van der Waals surface area contributed by atoms with Gasteiger partial charge in [-0.25, -0.2) is 4.98 Å². The van der Waals surface area contributed by atoms with Gasteiger partial charge in [0.2, 0.25) is 17.8 Å². The molecule has 0 aliphatic carbocycles. The summed E-state index contributed by atoms with van der Waals surface area (Å²) in [7, 11) is 0. The van der Waals surface area contributed by atoms with Gasteiger partial charge in [-0.3, -0.25) is 14.9 Å². The summed E-state index contributed by atoms with van der Waals surface area (Å²) in [5, 5.41) is 8.86. The van der Waals surface area contributed by atoms with Crippen molar-refractivity contribution >= 4 is 46.4 Å². The fraction of sp³-hybridized carbons (Fsp3) is 0.429. The molecule has 0 fully saturated rings. The van der Waals surface area contributed by atoms with Crippen molar-refractivity contribution in [3.05, 3.63) is 36.1 Å². The Balaban J connectivity index is 1.57. The number of aryl methyl sites for hydroxylation is 2. The Labute approximate surface area is 184 Å². The number of fused-ring (bicyclic) bond motifs is 1. The van der Waals surface area contributed by atoms with Crippen molar-refractivity contribution in [2.75, 3.05) is 29.6 Å². The lowest BCUT2D eigenvalue weighted by atomic mass is 10.3. The number of nitrogens with one attached hydrogen (secondary N) is 2. The van der Waals surface area contributed by atoms with Crippen molar-refractivity contribution in [2.24, 2.45) is 0 Å². The number of rotatable bonds is 11. The number of imidazole rings is 1. The Morgan fingerprint density at radius 3 is 2.84 bits per heavy atom. The molecule has 1 aromatic carbocycles. The predicted molar refractivity (Wildman–Crippen MR) is 121 cm³/mol. The zero-order valence-electron chi connectivity index (χ0n) is 17.9. The van der Waals surface area contributed by atoms with Crippen molar-refractivity contribution in [2.45, 2.75) is 39.0 Å². The number of carbonyl (C=O) groups excluding carboxylic acids is 2. The maximum atomic E-state index is 12.5. The number of carbonyl (C=O) groups is 2. The molecule has 2 aromatic heterocycles. The van der Waals surface area contributed by atoms with Crippen molar-refractivity contribution in [1.29, 1.82) is 0 Å². The van der Waals surface area contributed by atoms with Crippen LogP contribution in [0.2, 0.25) is 0 Å². The fourth-order valence-electron chi connectivity index (χ4n) is 2.96. The number of aromatic nitrogens is 3. The smallest absolute Gasteiger partial charge is 0.238 e. The molecular formula is C21H27N5O4S. The van der Waals surface area contributed by atoms with E-state index in [1.807, 2.05) is 35.8 Å². The molecule has 2 heterocycles. The molecule has 0 radical (unpaired) electrons. The van der Waals surface area contributed by atoms with Crippen LogP contribution in [0.15, 0.2) is 34.9 Å². The summed E-state index contributed by atoms with van der Waals surface area (Å²) in [4.78, 5) is 29.4. The van der Waals surface area contributed by atoms with Crippen molar-refractivity contribution in [3.63, 3.8) is 0 Å². The molecule has 0 spiro atoms. The molecule has 0 aliphatic heterocycles. The average molecular weight is 446 g/mol. The standard InChI is InChI=1S/C21H27N5O4S/c1-4-29-11-7-10-26-17-9-6-5-8-16(17)22-21(26)24-19(27)13-31-15(3)20(28)23-18-12-14(2)30-25-18/h5-6,8-9,12,15H,4,7,10-11,13H2,1-3H3,(H,22,24,27)(H,23,25,28). The van der Waals surface area contributed by atoms with Gasteiger partial charge in [0.25, 0.3) is 0 Å². The third kappa shape index (κ3) is 6.31. The zero-order valence-corrected chi connectivity index (χ0v) is 18.7. The van der Waals surface area contributed by atoms with Gasteiger partial charge in [-0.15, -0.1) is 11.8 Å². The molecule has 2 amide bonds. The highest BCUT2D eigenvalue weighted by Crippen LogP contribution is 2.21. The highest BCUT2D eigenvalue weighted by molar-refractivity contribution is 8.01. The lowest BCUT2D eigenvalue weighted by molar-refractivity contribution is -0.115. The summed E-state index contributed by atoms with van der Waals surface area (Å²) < 4.78 is 12.3. The minimum Gasteiger partial charge on any atom is -0.382 e. The maximum absolute atomic E-state index is 12.5. The SMILES string of the molecule is CCOCCCn1c(NC(=O)CSC(C)C(=O)Nc2cc(C)on2)nc2ccccc21. The minimum absolute atomic E-state index is 0.120. The third-order valence-corrected chi connectivity index (χ3v) is 5.64. The van der Waals surface area contributed by atoms with Gasteiger partial charge in [0, 0.05) is 25.8 Å². The summed E-state index contributed by atoms with van der Waals surface area (Å²) in [5.41, 5.74) is 1.77. The van der Waals surface area contributed by atoms with Crippen molar-refractivity contribution in [3.8, 4) is 0 Å². The van der Waals surface area contributed by atoms with E-state index in [9.17, 15) is 9.59 Å². The number of hydrogen-bond acceptors (Lipinski definition) is 7. The Morgan fingerprint density at radius 2 is 2.10 bits per heavy atom. The van der Waals surface area contributed by atoms with E-state index in [-0.39, 0.29) is 17.6 Å². The lowest BCUT2D eigenvalue weighted by Crippen LogP contribution is -2.25. The molecule has 1 atom stereocenters. The highest BCUT2D eigenvalue weighted by atomic mass is 32.2. The number of para-hydroxylation sites is 2. The second-order valence-electron chi connectivity index (χ2n) is 6.94. The number of thioether (sulfide) groups is 1. The maximum Gasteiger partial charge on any atom is 0.238 e. The van der Waals surface area contributed by atoms with Gasteiger partial charge in [-0.05, 0) is 39.3 Å². The van der Waals surface area contributed by atoms with E-state index in [1.54, 1.807) is 19.9 Å². The van der Waals surface area contributed by atoms with Gasteiger partial charge >= 0.3 is 0 Å². The summed E-state index contributed by atoms with van der Waals surface area (Å²) in [6, 6.07) is 9.39. The van der Waals surface area contributed by atoms with Gasteiger partial charge in [0.15, 0.2) is 5.82 Å². The lowest BCUT2D eigenvalue weighted by Gasteiger charge is -2.12. The summed E-state index contributed by atoms with van der Waals surface area (Å²) in [6.07, 6.45) is 0.810. The van der Waals surface area contributed by atoms with Crippen LogP contribution in [0.4, 0.5) is 11.8 Å². The molecule has 31 heavy (non-hydrogen) atoms. The number of hydrogen-bond donors (Lipinski definition) is 2. The molecule has 0 bridgehead atoms. The normalized spacial score (nSPS) is 12.1. The second-order valence-corrected chi connectivity index (χ2v) is 8.27. The molecule has 10 heteroatoms. The number of amides is 2. The topological polar surface area (TPSA) is 111 Å². The van der Waals surface area contributed by atoms with Gasteiger partial charge in [0.05, 0.1) is 22.0 Å². The Kier molecular flexibility index (Phi) is 8.07. The van der Waals surface area contributed by atoms with E-state index >= 15 is 0 Å². The van der Waals surface area contributed by atoms with E-state index in [1.165, 1.54) is 11.8 Å². The molecule has 9 nitrogen and oxygen atoms in total. The third-order valence-electron chi connectivity index (χ3n) is 4.49. The molecule has 2 N–H and O–H groups in total. The van der Waals surface area contributed by atoms with Crippen LogP contribution in [0, 0.1) is 6.92 Å². The molecule has 3 rings (SSSR count). The van der Waals surface area contributed by atoms with Gasteiger partial charge in [-0.2, -0.15) is 0 Å². The summed E-state index contributed by atoms with van der Waals surface area (Å²) in [6.45, 7) is 7.44. The van der Waals surface area contributed by atoms with E-state index < -0.39 is 5.25 Å². The van der Waals surface area contributed by atoms with Crippen LogP contribution in [-0.2, 0) is 20.9 Å². The first-order valence-corrected chi connectivity index (χ1v) is 11.2. The fourth-order valence-corrected chi connectivity index (χ4v) is 3.64. The monoisotopic (exact) mass is 445 g/mol. The highest BCUT2D eigenvalue weighted by Gasteiger charge is 2.18. The first-order valence-electron chi connectivity index (χ1n) is 10.2. The van der Waals surface area contributed by atoms with E-state index in [0.29, 0.717) is 37.3 Å². The van der Waals surface area contributed by atoms with E-state index in [2.05, 4.69) is 20.8 Å². The van der Waals surface area contributed by atoms with Crippen LogP contribution in [0.1, 0.15) is 26.0 Å². The summed E-state index contributed by atoms with van der Waals surface area (Å²) in [5.74, 6) is 1.13. The average Bonchev–Trinajstić information content (AvgIpc) is 3.32. The van der Waals surface area contributed by atoms with Crippen LogP contribution in [0.5, 0.6) is 0 Å². The van der Waals surface area contributed by atoms with Gasteiger partial charge in [-0.1, -0.05) is 17.3 Å². The Bertz CT molecular complexity index is 1030. The quantitative estimate of drug-likeness (QED) is 0.435. The molecule has 1 unspecified atom stereocenters. The van der Waals surface area contributed by atoms with Gasteiger partial charge in [0.1, 0.15) is 5.76 Å². The zero-order chi connectivity index (χ0) is 22.2. The second kappa shape index (κ2) is 11.0. The molecule has 0 saturated heterocycles. The van der Waals surface area contributed by atoms with E-state index in [0.717, 1.165) is 17.5 Å². The summed E-state index contributed by atoms with van der Waals surface area (Å²) >= 11 is 1.24. The molecular weight excluding hydrogens is 418 g/mol. The van der Waals surface area contributed by atoms with Crippen LogP contribution in [0.25, 0.3) is 11.0 Å². The minimum atomic E-state index is -0.437. The molecule has 0 aliphatic rings. The van der Waals surface area contributed by atoms with Gasteiger partial charge < -0.3 is 19.1 Å². The van der Waals surface area contributed by atoms with Crippen molar-refractivity contribution < 1.29 is 18.8 Å². The first kappa shape index (κ1) is 22.8. The molecule has 0 saturated carbocycles. The van der Waals surface area contributed by atoms with Crippen LogP contribution < -0.4 is 10.6 Å². The molecule has 166 valence electrons. The first-order chi connectivity index (χ1) is 15.0. The Hall–Kier alpha value is -2.85.